The maximum absolute atomic E-state index is 12.1. The monoisotopic (exact) mass is 488 g/mol. The van der Waals surface area contributed by atoms with Crippen molar-refractivity contribution in [1.29, 1.82) is 0 Å². The second kappa shape index (κ2) is 10.2. The van der Waals surface area contributed by atoms with E-state index in [4.69, 9.17) is 37.4 Å². The van der Waals surface area contributed by atoms with Crippen LogP contribution in [0.4, 0.5) is 4.79 Å². The summed E-state index contributed by atoms with van der Waals surface area (Å²) in [6.07, 6.45) is -0.777. The van der Waals surface area contributed by atoms with Gasteiger partial charge in [0.15, 0.2) is 5.75 Å². The zero-order chi connectivity index (χ0) is 24.2. The minimum Gasteiger partial charge on any atom is -0.465 e. The summed E-state index contributed by atoms with van der Waals surface area (Å²) in [6.45, 7) is 5.14. The Morgan fingerprint density at radius 1 is 1.03 bits per heavy atom. The van der Waals surface area contributed by atoms with E-state index in [0.717, 1.165) is 10.9 Å². The summed E-state index contributed by atoms with van der Waals surface area (Å²) in [5, 5.41) is 1.55. The van der Waals surface area contributed by atoms with Crippen molar-refractivity contribution >= 4 is 51.9 Å². The number of methoxy groups -OCH3 is 1. The molecule has 0 N–H and O–H groups in total. The summed E-state index contributed by atoms with van der Waals surface area (Å²) in [5.41, 5.74) is 0.597. The molecule has 1 heterocycles. The summed E-state index contributed by atoms with van der Waals surface area (Å²) < 4.78 is 15.7. The number of esters is 1. The van der Waals surface area contributed by atoms with Crippen LogP contribution in [0.2, 0.25) is 10.0 Å². The van der Waals surface area contributed by atoms with Crippen molar-refractivity contribution in [2.75, 3.05) is 7.11 Å². The molecule has 1 amide bonds. The van der Waals surface area contributed by atoms with Crippen LogP contribution in [0.15, 0.2) is 53.5 Å². The minimum atomic E-state index is -0.856. The van der Waals surface area contributed by atoms with Crippen LogP contribution in [-0.4, -0.2) is 35.5 Å². The Balaban J connectivity index is 1.84. The summed E-state index contributed by atoms with van der Waals surface area (Å²) in [5.74, 6) is -0.0585. The van der Waals surface area contributed by atoms with E-state index in [1.165, 1.54) is 7.11 Å². The van der Waals surface area contributed by atoms with Crippen LogP contribution in [0.3, 0.4) is 0 Å². The first-order valence-electron chi connectivity index (χ1n) is 9.96. The SMILES string of the molecule is COC(=O)C(Cc1ccc2nc(Oc3c(Cl)cccc3Cl)ccc2c1)=NC(=O)OC(C)(C)C. The van der Waals surface area contributed by atoms with Gasteiger partial charge in [-0.1, -0.05) is 35.3 Å². The van der Waals surface area contributed by atoms with E-state index >= 15 is 0 Å². The Bertz CT molecular complexity index is 1210. The number of amides is 1. The smallest absolute Gasteiger partial charge is 0.434 e. The Kier molecular flexibility index (Phi) is 7.56. The van der Waals surface area contributed by atoms with E-state index in [1.807, 2.05) is 12.1 Å². The first-order valence-corrected chi connectivity index (χ1v) is 10.7. The molecule has 9 heteroatoms. The molecule has 33 heavy (non-hydrogen) atoms. The molecule has 7 nitrogen and oxygen atoms in total. The Hall–Kier alpha value is -3.16. The molecule has 0 saturated heterocycles. The van der Waals surface area contributed by atoms with E-state index in [2.05, 4.69) is 9.98 Å². The molecular weight excluding hydrogens is 467 g/mol. The second-order valence-corrected chi connectivity index (χ2v) is 8.85. The average molecular weight is 489 g/mol. The topological polar surface area (TPSA) is 87.1 Å². The van der Waals surface area contributed by atoms with Crippen molar-refractivity contribution < 1.29 is 23.8 Å². The number of carbonyl (C=O) groups excluding carboxylic acids is 2. The predicted octanol–water partition coefficient (Wildman–Crippen LogP) is 6.43. The maximum atomic E-state index is 12.1. The highest BCUT2D eigenvalue weighted by molar-refractivity contribution is 6.38. The van der Waals surface area contributed by atoms with Crippen molar-refractivity contribution in [3.05, 3.63) is 64.1 Å². The lowest BCUT2D eigenvalue weighted by atomic mass is 10.1. The number of pyridine rings is 1. The van der Waals surface area contributed by atoms with Gasteiger partial charge in [0.2, 0.25) is 5.88 Å². The van der Waals surface area contributed by atoms with E-state index < -0.39 is 17.7 Å². The Morgan fingerprint density at radius 2 is 1.73 bits per heavy atom. The lowest BCUT2D eigenvalue weighted by Crippen LogP contribution is -2.25. The lowest BCUT2D eigenvalue weighted by molar-refractivity contribution is -0.132. The number of aliphatic imine (C=N–C) groups is 1. The third-order valence-electron chi connectivity index (χ3n) is 4.27. The third kappa shape index (κ3) is 6.66. The number of fused-ring (bicyclic) bond motifs is 1. The van der Waals surface area contributed by atoms with Gasteiger partial charge in [-0.15, -0.1) is 0 Å². The third-order valence-corrected chi connectivity index (χ3v) is 4.86. The van der Waals surface area contributed by atoms with Crippen LogP contribution in [0.25, 0.3) is 10.9 Å². The van der Waals surface area contributed by atoms with Crippen molar-refractivity contribution in [2.24, 2.45) is 4.99 Å². The number of carbonyl (C=O) groups is 2. The van der Waals surface area contributed by atoms with Crippen LogP contribution >= 0.6 is 23.2 Å². The molecular formula is C24H22Cl2N2O5. The molecule has 0 aliphatic heterocycles. The van der Waals surface area contributed by atoms with Gasteiger partial charge in [0.1, 0.15) is 11.3 Å². The second-order valence-electron chi connectivity index (χ2n) is 8.04. The molecule has 0 spiro atoms. The highest BCUT2D eigenvalue weighted by Gasteiger charge is 2.20. The van der Waals surface area contributed by atoms with Crippen LogP contribution in [0, 0.1) is 0 Å². The van der Waals surface area contributed by atoms with Crippen molar-refractivity contribution in [3.63, 3.8) is 0 Å². The fourth-order valence-corrected chi connectivity index (χ4v) is 3.35. The molecule has 172 valence electrons. The fourth-order valence-electron chi connectivity index (χ4n) is 2.87. The summed E-state index contributed by atoms with van der Waals surface area (Å²) in [4.78, 5) is 32.5. The van der Waals surface area contributed by atoms with Gasteiger partial charge < -0.3 is 14.2 Å². The largest absolute Gasteiger partial charge is 0.465 e. The van der Waals surface area contributed by atoms with Gasteiger partial charge in [0.25, 0.3) is 0 Å². The number of nitrogens with zero attached hydrogens (tertiary/aromatic N) is 2. The standard InChI is InChI=1S/C24H22Cl2N2O5/c1-24(2,3)33-23(30)28-19(22(29)31-4)13-14-8-10-18-15(12-14)9-11-20(27-18)32-21-16(25)6-5-7-17(21)26/h5-12H,13H2,1-4H3. The van der Waals surface area contributed by atoms with Gasteiger partial charge in [-0.3, -0.25) is 0 Å². The molecule has 1 aromatic heterocycles. The number of aromatic nitrogens is 1. The van der Waals surface area contributed by atoms with E-state index in [9.17, 15) is 9.59 Å². The minimum absolute atomic E-state index is 0.0626. The van der Waals surface area contributed by atoms with E-state index in [-0.39, 0.29) is 12.1 Å². The molecule has 0 unspecified atom stereocenters. The van der Waals surface area contributed by atoms with E-state index in [0.29, 0.717) is 27.2 Å². The number of rotatable bonds is 5. The molecule has 0 radical (unpaired) electrons. The quantitative estimate of drug-likeness (QED) is 0.303. The Morgan fingerprint density at radius 3 is 2.36 bits per heavy atom. The summed E-state index contributed by atoms with van der Waals surface area (Å²) >= 11 is 12.3. The van der Waals surface area contributed by atoms with Crippen molar-refractivity contribution in [1.82, 2.24) is 4.98 Å². The maximum Gasteiger partial charge on any atom is 0.434 e. The number of halogens is 2. The van der Waals surface area contributed by atoms with Crippen molar-refractivity contribution in [3.8, 4) is 11.6 Å². The van der Waals surface area contributed by atoms with Gasteiger partial charge in [-0.05, 0) is 56.7 Å². The molecule has 2 aromatic carbocycles. The average Bonchev–Trinajstić information content (AvgIpc) is 2.74. The zero-order valence-corrected chi connectivity index (χ0v) is 20.0. The van der Waals surface area contributed by atoms with Crippen LogP contribution in [0.1, 0.15) is 26.3 Å². The normalized spacial score (nSPS) is 11.9. The van der Waals surface area contributed by atoms with Gasteiger partial charge in [-0.2, -0.15) is 4.99 Å². The Labute approximate surface area is 201 Å². The number of para-hydroxylation sites is 1. The lowest BCUT2D eigenvalue weighted by Gasteiger charge is -2.17. The van der Waals surface area contributed by atoms with Gasteiger partial charge in [-0.25, -0.2) is 14.6 Å². The van der Waals surface area contributed by atoms with Crippen molar-refractivity contribution in [2.45, 2.75) is 32.8 Å². The van der Waals surface area contributed by atoms with Crippen LogP contribution in [-0.2, 0) is 20.7 Å². The molecule has 0 saturated carbocycles. The molecule has 0 aliphatic rings. The van der Waals surface area contributed by atoms with Crippen LogP contribution in [0.5, 0.6) is 11.6 Å². The molecule has 0 fully saturated rings. The number of hydrogen-bond acceptors (Lipinski definition) is 6. The molecule has 0 aliphatic carbocycles. The molecule has 0 atom stereocenters. The highest BCUT2D eigenvalue weighted by Crippen LogP contribution is 2.35. The predicted molar refractivity (Wildman–Crippen MR) is 128 cm³/mol. The fraction of sp³-hybridized carbons (Fsp3) is 0.250. The molecule has 3 aromatic rings. The number of ether oxygens (including phenoxy) is 3. The van der Waals surface area contributed by atoms with E-state index in [1.54, 1.807) is 57.2 Å². The zero-order valence-electron chi connectivity index (χ0n) is 18.5. The highest BCUT2D eigenvalue weighted by atomic mass is 35.5. The van der Waals surface area contributed by atoms with Gasteiger partial charge in [0, 0.05) is 17.9 Å². The molecule has 3 rings (SSSR count). The molecule has 0 bridgehead atoms. The van der Waals surface area contributed by atoms with Gasteiger partial charge in [0.05, 0.1) is 22.7 Å². The summed E-state index contributed by atoms with van der Waals surface area (Å²) in [7, 11) is 1.23. The van der Waals surface area contributed by atoms with Crippen LogP contribution < -0.4 is 4.74 Å². The first-order chi connectivity index (χ1) is 15.6. The van der Waals surface area contributed by atoms with Gasteiger partial charge >= 0.3 is 12.1 Å². The number of hydrogen-bond donors (Lipinski definition) is 0. The first kappa shape index (κ1) is 24.5. The number of benzene rings is 2. The summed E-state index contributed by atoms with van der Waals surface area (Å²) in [6, 6.07) is 13.9.